The van der Waals surface area contributed by atoms with Crippen LogP contribution in [0.25, 0.3) is 0 Å². The molecule has 8 heteroatoms. The van der Waals surface area contributed by atoms with E-state index in [1.54, 1.807) is 24.3 Å². The van der Waals surface area contributed by atoms with Crippen LogP contribution in [0.4, 0.5) is 0 Å². The van der Waals surface area contributed by atoms with E-state index in [4.69, 9.17) is 9.47 Å². The number of imide groups is 1. The summed E-state index contributed by atoms with van der Waals surface area (Å²) < 4.78 is 9.89. The smallest absolute Gasteiger partial charge is 0.329 e. The summed E-state index contributed by atoms with van der Waals surface area (Å²) in [6.07, 6.45) is 0.246. The Balaban J connectivity index is 2.09. The monoisotopic (exact) mass is 376 g/mol. The van der Waals surface area contributed by atoms with Gasteiger partial charge in [-0.2, -0.15) is 0 Å². The minimum atomic E-state index is -1.08. The van der Waals surface area contributed by atoms with Gasteiger partial charge < -0.3 is 14.8 Å². The van der Waals surface area contributed by atoms with Crippen molar-refractivity contribution < 1.29 is 28.7 Å². The molecule has 0 aliphatic carbocycles. The summed E-state index contributed by atoms with van der Waals surface area (Å²) in [5.41, 5.74) is 0.530. The lowest BCUT2D eigenvalue weighted by Gasteiger charge is -2.25. The maximum atomic E-state index is 12.7. The molecule has 0 unspecified atom stereocenters. The second kappa shape index (κ2) is 9.27. The Morgan fingerprint density at radius 1 is 1.11 bits per heavy atom. The first kappa shape index (κ1) is 20.6. The molecule has 0 spiro atoms. The number of hydrogen-bond acceptors (Lipinski definition) is 6. The number of hydrogen-bond donors (Lipinski definition) is 1. The highest BCUT2D eigenvalue weighted by Crippen LogP contribution is 2.27. The van der Waals surface area contributed by atoms with Crippen molar-refractivity contribution in [2.75, 3.05) is 26.9 Å². The van der Waals surface area contributed by atoms with Gasteiger partial charge in [0, 0.05) is 13.7 Å². The number of amides is 3. The zero-order valence-electron chi connectivity index (χ0n) is 15.7. The van der Waals surface area contributed by atoms with E-state index in [9.17, 15) is 19.2 Å². The molecule has 3 amide bonds. The average molecular weight is 376 g/mol. The Hall–Kier alpha value is -2.74. The highest BCUT2D eigenvalue weighted by molar-refractivity contribution is 6.22. The van der Waals surface area contributed by atoms with E-state index < -0.39 is 36.3 Å². The molecule has 1 heterocycles. The molecule has 2 rings (SSSR count). The van der Waals surface area contributed by atoms with E-state index in [0.29, 0.717) is 13.2 Å². The maximum Gasteiger partial charge on any atom is 0.329 e. The number of nitrogens with zero attached hydrogens (tertiary/aromatic N) is 1. The third-order valence-corrected chi connectivity index (χ3v) is 4.08. The van der Waals surface area contributed by atoms with Gasteiger partial charge in [-0.1, -0.05) is 26.0 Å². The topological polar surface area (TPSA) is 102 Å². The predicted molar refractivity (Wildman–Crippen MR) is 96.0 cm³/mol. The Kier molecular flexibility index (Phi) is 7.06. The molecule has 146 valence electrons. The molecule has 0 saturated carbocycles. The van der Waals surface area contributed by atoms with Crippen LogP contribution >= 0.6 is 0 Å². The number of carbonyl (C=O) groups is 4. The summed E-state index contributed by atoms with van der Waals surface area (Å²) in [6, 6.07) is 5.35. The number of rotatable bonds is 9. The Labute approximate surface area is 157 Å². The number of nitrogens with one attached hydrogen (secondary N) is 1. The van der Waals surface area contributed by atoms with Crippen molar-refractivity contribution in [1.82, 2.24) is 10.2 Å². The van der Waals surface area contributed by atoms with Gasteiger partial charge in [0.25, 0.3) is 17.7 Å². The van der Waals surface area contributed by atoms with Gasteiger partial charge in [0.15, 0.2) is 6.61 Å². The van der Waals surface area contributed by atoms with E-state index in [1.165, 1.54) is 7.11 Å². The van der Waals surface area contributed by atoms with Crippen LogP contribution in [0.1, 0.15) is 41.0 Å². The van der Waals surface area contributed by atoms with Crippen molar-refractivity contribution >= 4 is 23.7 Å². The summed E-state index contributed by atoms with van der Waals surface area (Å²) in [6.45, 7) is 3.89. The third-order valence-electron chi connectivity index (χ3n) is 4.08. The first-order chi connectivity index (χ1) is 12.9. The minimum absolute atomic E-state index is 0.0300. The SMILES string of the molecule is COCCNC(=O)COC(=O)[C@H](CC(C)C)N1C(=O)c2ccccc2C1=O. The van der Waals surface area contributed by atoms with Gasteiger partial charge in [0.05, 0.1) is 17.7 Å². The van der Waals surface area contributed by atoms with Gasteiger partial charge in [-0.3, -0.25) is 19.3 Å². The Bertz CT molecular complexity index is 696. The van der Waals surface area contributed by atoms with Gasteiger partial charge >= 0.3 is 5.97 Å². The van der Waals surface area contributed by atoms with E-state index in [1.807, 2.05) is 13.8 Å². The lowest BCUT2D eigenvalue weighted by atomic mass is 10.0. The molecular formula is C19H24N2O6. The van der Waals surface area contributed by atoms with E-state index >= 15 is 0 Å². The fourth-order valence-corrected chi connectivity index (χ4v) is 2.82. The van der Waals surface area contributed by atoms with Crippen LogP contribution in [0.15, 0.2) is 24.3 Å². The lowest BCUT2D eigenvalue weighted by Crippen LogP contribution is -2.47. The second-order valence-corrected chi connectivity index (χ2v) is 6.62. The molecule has 0 bridgehead atoms. The number of ether oxygens (including phenoxy) is 2. The van der Waals surface area contributed by atoms with Crippen LogP contribution in [0.2, 0.25) is 0 Å². The van der Waals surface area contributed by atoms with E-state index in [2.05, 4.69) is 5.32 Å². The van der Waals surface area contributed by atoms with Crippen molar-refractivity contribution in [2.45, 2.75) is 26.3 Å². The molecule has 8 nitrogen and oxygen atoms in total. The van der Waals surface area contributed by atoms with Crippen LogP contribution < -0.4 is 5.32 Å². The molecule has 1 aliphatic rings. The molecule has 1 atom stereocenters. The second-order valence-electron chi connectivity index (χ2n) is 6.62. The zero-order valence-corrected chi connectivity index (χ0v) is 15.7. The first-order valence-electron chi connectivity index (χ1n) is 8.76. The number of methoxy groups -OCH3 is 1. The molecule has 1 aromatic carbocycles. The molecule has 1 aromatic rings. The Morgan fingerprint density at radius 3 is 2.22 bits per heavy atom. The molecular weight excluding hydrogens is 352 g/mol. The van der Waals surface area contributed by atoms with Crippen LogP contribution in [-0.4, -0.2) is 61.5 Å². The summed E-state index contributed by atoms with van der Waals surface area (Å²) in [5.74, 6) is -2.28. The van der Waals surface area contributed by atoms with Crippen LogP contribution in [0, 0.1) is 5.92 Å². The largest absolute Gasteiger partial charge is 0.454 e. The average Bonchev–Trinajstić information content (AvgIpc) is 2.89. The number of esters is 1. The van der Waals surface area contributed by atoms with Crippen LogP contribution in [-0.2, 0) is 19.1 Å². The van der Waals surface area contributed by atoms with Crippen LogP contribution in [0.3, 0.4) is 0 Å². The molecule has 1 N–H and O–H groups in total. The van der Waals surface area contributed by atoms with Gasteiger partial charge in [0.2, 0.25) is 0 Å². The molecule has 27 heavy (non-hydrogen) atoms. The van der Waals surface area contributed by atoms with Crippen molar-refractivity contribution in [3.8, 4) is 0 Å². The van der Waals surface area contributed by atoms with Gasteiger partial charge in [-0.05, 0) is 24.5 Å². The first-order valence-corrected chi connectivity index (χ1v) is 8.76. The van der Waals surface area contributed by atoms with Crippen molar-refractivity contribution in [3.05, 3.63) is 35.4 Å². The van der Waals surface area contributed by atoms with E-state index in [0.717, 1.165) is 4.90 Å². The predicted octanol–water partition coefficient (Wildman–Crippen LogP) is 1.00. The van der Waals surface area contributed by atoms with Gasteiger partial charge in [-0.25, -0.2) is 4.79 Å². The van der Waals surface area contributed by atoms with Gasteiger partial charge in [-0.15, -0.1) is 0 Å². The molecule has 0 aromatic heterocycles. The quantitative estimate of drug-likeness (QED) is 0.392. The van der Waals surface area contributed by atoms with Crippen molar-refractivity contribution in [3.63, 3.8) is 0 Å². The highest BCUT2D eigenvalue weighted by atomic mass is 16.5. The maximum absolute atomic E-state index is 12.7. The van der Waals surface area contributed by atoms with Crippen LogP contribution in [0.5, 0.6) is 0 Å². The van der Waals surface area contributed by atoms with Gasteiger partial charge in [0.1, 0.15) is 6.04 Å². The van der Waals surface area contributed by atoms with E-state index in [-0.39, 0.29) is 23.5 Å². The number of benzene rings is 1. The third kappa shape index (κ3) is 4.91. The Morgan fingerprint density at radius 2 is 1.70 bits per heavy atom. The minimum Gasteiger partial charge on any atom is -0.454 e. The fourth-order valence-electron chi connectivity index (χ4n) is 2.82. The summed E-state index contributed by atoms with van der Waals surface area (Å²) in [4.78, 5) is 50.5. The molecule has 0 radical (unpaired) electrons. The number of carbonyl (C=O) groups excluding carboxylic acids is 4. The summed E-state index contributed by atoms with van der Waals surface area (Å²) >= 11 is 0. The molecule has 0 saturated heterocycles. The molecule has 0 fully saturated rings. The zero-order chi connectivity index (χ0) is 20.0. The van der Waals surface area contributed by atoms with Crippen molar-refractivity contribution in [2.24, 2.45) is 5.92 Å². The standard InChI is InChI=1S/C19H24N2O6/c1-12(2)10-15(19(25)27-11-16(22)20-8-9-26-3)21-17(23)13-6-4-5-7-14(13)18(21)24/h4-7,12,15H,8-11H2,1-3H3,(H,20,22)/t15-/m0/s1. The lowest BCUT2D eigenvalue weighted by molar-refractivity contribution is -0.152. The molecule has 1 aliphatic heterocycles. The fraction of sp³-hybridized carbons (Fsp3) is 0.474. The number of fused-ring (bicyclic) bond motifs is 1. The summed E-state index contributed by atoms with van der Waals surface area (Å²) in [7, 11) is 1.50. The summed E-state index contributed by atoms with van der Waals surface area (Å²) in [5, 5.41) is 2.53. The van der Waals surface area contributed by atoms with Crippen molar-refractivity contribution in [1.29, 1.82) is 0 Å². The normalized spacial score (nSPS) is 14.3. The highest BCUT2D eigenvalue weighted by Gasteiger charge is 2.43.